The maximum absolute atomic E-state index is 12.3. The molecule has 9 nitrogen and oxygen atoms in total. The second-order valence-corrected chi connectivity index (χ2v) is 7.98. The van der Waals surface area contributed by atoms with Gasteiger partial charge in [0.15, 0.2) is 17.1 Å². The van der Waals surface area contributed by atoms with Gasteiger partial charge in [0, 0.05) is 13.1 Å². The fraction of sp³-hybridized carbons (Fsp3) is 0.286. The molecule has 0 spiro atoms. The van der Waals surface area contributed by atoms with Crippen LogP contribution in [0.25, 0.3) is 0 Å². The largest absolute Gasteiger partial charge is 0.482 e. The van der Waals surface area contributed by atoms with Crippen molar-refractivity contribution in [3.8, 4) is 5.75 Å². The monoisotopic (exact) mass is 441 g/mol. The molecule has 0 aliphatic rings. The molecule has 3 rings (SSSR count). The summed E-state index contributed by atoms with van der Waals surface area (Å²) in [5, 5.41) is 22.5. The summed E-state index contributed by atoms with van der Waals surface area (Å²) in [6.07, 6.45) is -0.339. The third kappa shape index (κ3) is 5.40. The average Bonchev–Trinajstić information content (AvgIpc) is 3.09. The van der Waals surface area contributed by atoms with Crippen LogP contribution >= 0.6 is 11.8 Å². The number of ether oxygens (including phenoxy) is 1. The minimum atomic E-state index is -0.533. The van der Waals surface area contributed by atoms with Gasteiger partial charge in [-0.2, -0.15) is 0 Å². The Morgan fingerprint density at radius 3 is 2.71 bits per heavy atom. The molecule has 0 fully saturated rings. The number of aromatic nitrogens is 3. The first-order chi connectivity index (χ1) is 14.8. The molecule has 0 aliphatic heterocycles. The fourth-order valence-corrected chi connectivity index (χ4v) is 3.75. The van der Waals surface area contributed by atoms with Crippen LogP contribution in [0.1, 0.15) is 30.0 Å². The van der Waals surface area contributed by atoms with Crippen molar-refractivity contribution in [1.82, 2.24) is 14.8 Å². The molecule has 162 valence electrons. The summed E-state index contributed by atoms with van der Waals surface area (Å²) in [7, 11) is 1.81. The van der Waals surface area contributed by atoms with Crippen molar-refractivity contribution in [2.24, 2.45) is 7.05 Å². The summed E-state index contributed by atoms with van der Waals surface area (Å²) in [5.41, 5.74) is 2.20. The molecule has 3 aromatic rings. The Balaban J connectivity index is 1.62. The van der Waals surface area contributed by atoms with Gasteiger partial charge in [0.1, 0.15) is 11.4 Å². The van der Waals surface area contributed by atoms with E-state index < -0.39 is 4.92 Å². The van der Waals surface area contributed by atoms with Crippen molar-refractivity contribution in [2.75, 3.05) is 11.1 Å². The Morgan fingerprint density at radius 1 is 1.26 bits per heavy atom. The van der Waals surface area contributed by atoms with Crippen LogP contribution in [0.4, 0.5) is 11.4 Å². The first-order valence-electron chi connectivity index (χ1n) is 9.55. The number of carbonyl (C=O) groups excluding carboxylic acids is 1. The Hall–Kier alpha value is -3.40. The summed E-state index contributed by atoms with van der Waals surface area (Å²) in [6, 6.07) is 12.0. The van der Waals surface area contributed by atoms with Crippen molar-refractivity contribution >= 4 is 29.0 Å². The standard InChI is InChI=1S/C21H23N5O4S/c1-13-9-10-18(14(2)11-13)30-15(3)20-23-24-21(25(20)4)31-12-19(27)22-16-7-5-6-8-17(16)26(28)29/h5-11,15H,12H2,1-4H3,(H,22,27). The molecule has 2 aromatic carbocycles. The lowest BCUT2D eigenvalue weighted by atomic mass is 10.1. The molecule has 1 atom stereocenters. The van der Waals surface area contributed by atoms with E-state index in [-0.39, 0.29) is 29.1 Å². The number of carbonyl (C=O) groups is 1. The molecular formula is C21H23N5O4S. The van der Waals surface area contributed by atoms with Gasteiger partial charge < -0.3 is 14.6 Å². The van der Waals surface area contributed by atoms with Crippen LogP contribution in [-0.4, -0.2) is 31.3 Å². The van der Waals surface area contributed by atoms with Crippen LogP contribution in [0.5, 0.6) is 5.75 Å². The minimum absolute atomic E-state index is 0.0321. The van der Waals surface area contributed by atoms with Gasteiger partial charge in [-0.1, -0.05) is 41.6 Å². The van der Waals surface area contributed by atoms with Gasteiger partial charge >= 0.3 is 0 Å². The van der Waals surface area contributed by atoms with E-state index in [0.29, 0.717) is 11.0 Å². The van der Waals surface area contributed by atoms with Crippen LogP contribution in [0.2, 0.25) is 0 Å². The van der Waals surface area contributed by atoms with Crippen LogP contribution in [-0.2, 0) is 11.8 Å². The molecule has 0 saturated carbocycles. The van der Waals surface area contributed by atoms with Gasteiger partial charge in [0.25, 0.3) is 5.69 Å². The van der Waals surface area contributed by atoms with Crippen molar-refractivity contribution in [1.29, 1.82) is 0 Å². The quantitative estimate of drug-likeness (QED) is 0.316. The smallest absolute Gasteiger partial charge is 0.292 e. The lowest BCUT2D eigenvalue weighted by Crippen LogP contribution is -2.15. The molecule has 0 radical (unpaired) electrons. The van der Waals surface area contributed by atoms with E-state index in [1.54, 1.807) is 23.7 Å². The number of aryl methyl sites for hydroxylation is 2. The molecule has 1 unspecified atom stereocenters. The number of hydrogen-bond acceptors (Lipinski definition) is 7. The van der Waals surface area contributed by atoms with Crippen LogP contribution in [0.3, 0.4) is 0 Å². The highest BCUT2D eigenvalue weighted by molar-refractivity contribution is 7.99. The van der Waals surface area contributed by atoms with E-state index in [4.69, 9.17) is 4.74 Å². The lowest BCUT2D eigenvalue weighted by molar-refractivity contribution is -0.383. The van der Waals surface area contributed by atoms with Crippen molar-refractivity contribution < 1.29 is 14.5 Å². The lowest BCUT2D eigenvalue weighted by Gasteiger charge is -2.16. The highest BCUT2D eigenvalue weighted by Gasteiger charge is 2.20. The van der Waals surface area contributed by atoms with E-state index in [1.165, 1.54) is 23.9 Å². The third-order valence-corrected chi connectivity index (χ3v) is 5.59. The molecule has 31 heavy (non-hydrogen) atoms. The first-order valence-corrected chi connectivity index (χ1v) is 10.5. The third-order valence-electron chi connectivity index (χ3n) is 4.57. The molecule has 10 heteroatoms. The molecular weight excluding hydrogens is 418 g/mol. The molecule has 0 aliphatic carbocycles. The zero-order chi connectivity index (χ0) is 22.5. The van der Waals surface area contributed by atoms with E-state index in [1.807, 2.05) is 32.9 Å². The Kier molecular flexibility index (Phi) is 6.91. The number of benzene rings is 2. The number of nitrogens with one attached hydrogen (secondary N) is 1. The normalized spacial score (nSPS) is 11.7. The molecule has 1 amide bonds. The summed E-state index contributed by atoms with van der Waals surface area (Å²) < 4.78 is 7.82. The number of thioether (sulfide) groups is 1. The highest BCUT2D eigenvalue weighted by Crippen LogP contribution is 2.27. The average molecular weight is 442 g/mol. The Labute approximate surface area is 184 Å². The van der Waals surface area contributed by atoms with E-state index >= 15 is 0 Å². The van der Waals surface area contributed by atoms with E-state index in [9.17, 15) is 14.9 Å². The second kappa shape index (κ2) is 9.61. The van der Waals surface area contributed by atoms with Crippen LogP contribution in [0.15, 0.2) is 47.6 Å². The number of para-hydroxylation sites is 2. The molecule has 1 aromatic heterocycles. The van der Waals surface area contributed by atoms with Gasteiger partial charge in [-0.3, -0.25) is 14.9 Å². The summed E-state index contributed by atoms with van der Waals surface area (Å²) in [4.78, 5) is 22.8. The van der Waals surface area contributed by atoms with Crippen molar-refractivity contribution in [3.63, 3.8) is 0 Å². The number of rotatable bonds is 8. The number of anilines is 1. The van der Waals surface area contributed by atoms with Gasteiger partial charge in [0.2, 0.25) is 5.91 Å². The molecule has 0 saturated heterocycles. The zero-order valence-corrected chi connectivity index (χ0v) is 18.5. The van der Waals surface area contributed by atoms with Crippen molar-refractivity contribution in [2.45, 2.75) is 32.0 Å². The van der Waals surface area contributed by atoms with Crippen LogP contribution < -0.4 is 10.1 Å². The predicted octanol–water partition coefficient (Wildman–Crippen LogP) is 4.21. The van der Waals surface area contributed by atoms with Gasteiger partial charge in [0.05, 0.1) is 10.7 Å². The number of hydrogen-bond donors (Lipinski definition) is 1. The minimum Gasteiger partial charge on any atom is -0.482 e. The van der Waals surface area contributed by atoms with Crippen molar-refractivity contribution in [3.05, 3.63) is 69.5 Å². The Morgan fingerprint density at radius 2 is 2.00 bits per heavy atom. The molecule has 1 heterocycles. The molecule has 1 N–H and O–H groups in total. The first kappa shape index (κ1) is 22.3. The highest BCUT2D eigenvalue weighted by atomic mass is 32.2. The van der Waals surface area contributed by atoms with E-state index in [0.717, 1.165) is 16.9 Å². The number of nitro benzene ring substituents is 1. The number of nitro groups is 1. The fourth-order valence-electron chi connectivity index (χ4n) is 3.04. The van der Waals surface area contributed by atoms with Gasteiger partial charge in [-0.15, -0.1) is 10.2 Å². The molecule has 0 bridgehead atoms. The zero-order valence-electron chi connectivity index (χ0n) is 17.7. The SMILES string of the molecule is Cc1ccc(OC(C)c2nnc(SCC(=O)Nc3ccccc3[N+](=O)[O-])n2C)c(C)c1. The van der Waals surface area contributed by atoms with Gasteiger partial charge in [-0.25, -0.2) is 0 Å². The van der Waals surface area contributed by atoms with Crippen LogP contribution in [0, 0.1) is 24.0 Å². The topological polar surface area (TPSA) is 112 Å². The summed E-state index contributed by atoms with van der Waals surface area (Å²) >= 11 is 1.19. The predicted molar refractivity (Wildman–Crippen MR) is 118 cm³/mol. The number of amides is 1. The van der Waals surface area contributed by atoms with Gasteiger partial charge in [-0.05, 0) is 38.5 Å². The summed E-state index contributed by atoms with van der Waals surface area (Å²) in [6.45, 7) is 5.90. The summed E-state index contributed by atoms with van der Waals surface area (Å²) in [5.74, 6) is 1.06. The second-order valence-electron chi connectivity index (χ2n) is 7.04. The maximum atomic E-state index is 12.3. The Bertz CT molecular complexity index is 1110. The number of nitrogens with zero attached hydrogens (tertiary/aromatic N) is 4. The van der Waals surface area contributed by atoms with E-state index in [2.05, 4.69) is 21.6 Å². The maximum Gasteiger partial charge on any atom is 0.292 e.